The molecule has 0 spiro atoms. The van der Waals surface area contributed by atoms with Crippen LogP contribution in [0.4, 0.5) is 30.7 Å². The summed E-state index contributed by atoms with van der Waals surface area (Å²) < 4.78 is 112. The maximum absolute atomic E-state index is 14.8. The molecule has 1 heterocycles. The summed E-state index contributed by atoms with van der Waals surface area (Å²) in [4.78, 5) is 0. The van der Waals surface area contributed by atoms with Crippen molar-refractivity contribution in [3.63, 3.8) is 0 Å². The first-order valence-electron chi connectivity index (χ1n) is 12.0. The standard InChI is InChI=1S/C29H23F7O3/c1-2-3-17-4-11-26(37-15-17)19-7-10-22(23(30)12-19)29(35,36)39-21-8-5-18(6-9-21)20-13-24(31)28(25(32)14-20)38-16-27(33)34/h2-3,5-10,12-14,16-17,26H,4,11,15H2,1H3. The first kappa shape index (κ1) is 28.2. The van der Waals surface area contributed by atoms with Crippen LogP contribution in [-0.4, -0.2) is 6.61 Å². The summed E-state index contributed by atoms with van der Waals surface area (Å²) in [6.45, 7) is 2.37. The highest BCUT2D eigenvalue weighted by Gasteiger charge is 2.38. The van der Waals surface area contributed by atoms with E-state index in [1.165, 1.54) is 18.2 Å². The molecule has 0 amide bonds. The van der Waals surface area contributed by atoms with Crippen molar-refractivity contribution in [3.8, 4) is 22.6 Å². The van der Waals surface area contributed by atoms with Gasteiger partial charge in [-0.15, -0.1) is 0 Å². The maximum Gasteiger partial charge on any atom is 0.429 e. The molecule has 4 rings (SSSR count). The van der Waals surface area contributed by atoms with Crippen molar-refractivity contribution in [1.29, 1.82) is 0 Å². The van der Waals surface area contributed by atoms with E-state index in [-0.39, 0.29) is 29.1 Å². The number of alkyl halides is 2. The Bertz CT molecular complexity index is 1330. The van der Waals surface area contributed by atoms with Crippen molar-refractivity contribution in [2.24, 2.45) is 5.92 Å². The molecule has 1 aliphatic rings. The van der Waals surface area contributed by atoms with E-state index in [0.717, 1.165) is 42.8 Å². The fourth-order valence-electron chi connectivity index (χ4n) is 4.29. The van der Waals surface area contributed by atoms with Crippen LogP contribution in [0.3, 0.4) is 0 Å². The third-order valence-electron chi connectivity index (χ3n) is 6.15. The second-order valence-electron chi connectivity index (χ2n) is 8.86. The van der Waals surface area contributed by atoms with Gasteiger partial charge in [0.25, 0.3) is 0 Å². The van der Waals surface area contributed by atoms with E-state index in [2.05, 4.69) is 4.74 Å². The number of rotatable bonds is 8. The summed E-state index contributed by atoms with van der Waals surface area (Å²) in [7, 11) is 0. The predicted molar refractivity (Wildman–Crippen MR) is 130 cm³/mol. The molecule has 3 aromatic rings. The third-order valence-corrected chi connectivity index (χ3v) is 6.15. The molecule has 10 heteroatoms. The van der Waals surface area contributed by atoms with Crippen LogP contribution in [-0.2, 0) is 10.8 Å². The second-order valence-corrected chi connectivity index (χ2v) is 8.86. The quantitative estimate of drug-likeness (QED) is 0.159. The molecule has 0 radical (unpaired) electrons. The summed E-state index contributed by atoms with van der Waals surface area (Å²) >= 11 is 0. The monoisotopic (exact) mass is 552 g/mol. The number of allylic oxidation sites excluding steroid dienone is 1. The van der Waals surface area contributed by atoms with Crippen molar-refractivity contribution >= 4 is 0 Å². The molecule has 2 atom stereocenters. The Morgan fingerprint density at radius 1 is 0.897 bits per heavy atom. The third kappa shape index (κ3) is 6.81. The highest BCUT2D eigenvalue weighted by molar-refractivity contribution is 5.65. The van der Waals surface area contributed by atoms with E-state index in [0.29, 0.717) is 18.6 Å². The van der Waals surface area contributed by atoms with Crippen LogP contribution in [0.15, 0.2) is 79.1 Å². The molecular formula is C29H23F7O3. The minimum atomic E-state index is -4.02. The molecule has 0 N–H and O–H groups in total. The molecule has 206 valence electrons. The molecule has 3 aromatic carbocycles. The van der Waals surface area contributed by atoms with Crippen LogP contribution < -0.4 is 9.47 Å². The van der Waals surface area contributed by atoms with Gasteiger partial charge in [0.2, 0.25) is 0 Å². The smallest absolute Gasteiger partial charge is 0.429 e. The largest absolute Gasteiger partial charge is 0.453 e. The summed E-state index contributed by atoms with van der Waals surface area (Å²) in [5.41, 5.74) is -0.306. The van der Waals surface area contributed by atoms with E-state index in [1.807, 2.05) is 19.1 Å². The minimum absolute atomic E-state index is 0.0102. The molecule has 2 unspecified atom stereocenters. The SMILES string of the molecule is CC=CC1CCC(c2ccc(C(F)(F)Oc3ccc(-c4cc(F)c(OC=C(F)F)c(F)c4)cc3)c(F)c2)OC1. The average molecular weight is 552 g/mol. The van der Waals surface area contributed by atoms with Gasteiger partial charge < -0.3 is 14.2 Å². The van der Waals surface area contributed by atoms with Gasteiger partial charge in [0, 0.05) is 5.92 Å². The Labute approximate surface area is 220 Å². The first-order valence-corrected chi connectivity index (χ1v) is 12.0. The molecule has 1 saturated heterocycles. The lowest BCUT2D eigenvalue weighted by atomic mass is 9.94. The van der Waals surface area contributed by atoms with E-state index < -0.39 is 47.1 Å². The first-order chi connectivity index (χ1) is 18.6. The van der Waals surface area contributed by atoms with Crippen LogP contribution in [0, 0.1) is 23.4 Å². The normalized spacial score (nSPS) is 17.7. The Balaban J connectivity index is 1.46. The number of halogens is 7. The van der Waals surface area contributed by atoms with Crippen LogP contribution in [0.2, 0.25) is 0 Å². The van der Waals surface area contributed by atoms with Gasteiger partial charge in [0.05, 0.1) is 18.3 Å². The molecule has 1 fully saturated rings. The summed E-state index contributed by atoms with van der Waals surface area (Å²) in [5, 5.41) is 0. The second kappa shape index (κ2) is 11.9. The Kier molecular flexibility index (Phi) is 8.64. The lowest BCUT2D eigenvalue weighted by Crippen LogP contribution is -2.24. The predicted octanol–water partition coefficient (Wildman–Crippen LogP) is 9.06. The van der Waals surface area contributed by atoms with Gasteiger partial charge in [0.1, 0.15) is 11.6 Å². The summed E-state index contributed by atoms with van der Waals surface area (Å²) in [5.74, 6) is -4.73. The fraction of sp³-hybridized carbons (Fsp3) is 0.241. The van der Waals surface area contributed by atoms with Crippen LogP contribution in [0.25, 0.3) is 11.1 Å². The molecule has 1 aliphatic heterocycles. The van der Waals surface area contributed by atoms with Crippen molar-refractivity contribution in [2.75, 3.05) is 6.61 Å². The van der Waals surface area contributed by atoms with Gasteiger partial charge in [-0.3, -0.25) is 0 Å². The van der Waals surface area contributed by atoms with Crippen LogP contribution in [0.5, 0.6) is 11.5 Å². The van der Waals surface area contributed by atoms with Gasteiger partial charge in [-0.05, 0) is 72.9 Å². The Hall–Kier alpha value is -3.79. The molecule has 3 nitrogen and oxygen atoms in total. The molecular weight excluding hydrogens is 529 g/mol. The topological polar surface area (TPSA) is 27.7 Å². The lowest BCUT2D eigenvalue weighted by Gasteiger charge is -2.28. The molecule has 0 saturated carbocycles. The van der Waals surface area contributed by atoms with Crippen molar-refractivity contribution in [1.82, 2.24) is 0 Å². The van der Waals surface area contributed by atoms with Gasteiger partial charge in [-0.1, -0.05) is 30.4 Å². The zero-order valence-corrected chi connectivity index (χ0v) is 20.6. The van der Waals surface area contributed by atoms with Crippen molar-refractivity contribution in [2.45, 2.75) is 32.0 Å². The number of hydrogen-bond acceptors (Lipinski definition) is 3. The number of hydrogen-bond donors (Lipinski definition) is 0. The Morgan fingerprint density at radius 3 is 2.15 bits per heavy atom. The van der Waals surface area contributed by atoms with E-state index in [1.54, 1.807) is 0 Å². The van der Waals surface area contributed by atoms with Gasteiger partial charge >= 0.3 is 12.2 Å². The average Bonchev–Trinajstić information content (AvgIpc) is 2.88. The molecule has 39 heavy (non-hydrogen) atoms. The van der Waals surface area contributed by atoms with Gasteiger partial charge in [-0.2, -0.15) is 17.6 Å². The zero-order chi connectivity index (χ0) is 28.2. The molecule has 0 aliphatic carbocycles. The molecule has 0 bridgehead atoms. The van der Waals surface area contributed by atoms with Gasteiger partial charge in [-0.25, -0.2) is 13.2 Å². The van der Waals surface area contributed by atoms with Gasteiger partial charge in [0.15, 0.2) is 23.6 Å². The van der Waals surface area contributed by atoms with E-state index in [9.17, 15) is 30.7 Å². The van der Waals surface area contributed by atoms with Crippen molar-refractivity contribution < 1.29 is 44.9 Å². The van der Waals surface area contributed by atoms with Crippen LogP contribution in [0.1, 0.15) is 37.0 Å². The number of benzene rings is 3. The lowest BCUT2D eigenvalue weighted by molar-refractivity contribution is -0.187. The Morgan fingerprint density at radius 2 is 1.59 bits per heavy atom. The number of ether oxygens (including phenoxy) is 3. The van der Waals surface area contributed by atoms with Crippen molar-refractivity contribution in [3.05, 3.63) is 108 Å². The zero-order valence-electron chi connectivity index (χ0n) is 20.6. The minimum Gasteiger partial charge on any atom is -0.453 e. The highest BCUT2D eigenvalue weighted by atomic mass is 19.3. The highest BCUT2D eigenvalue weighted by Crippen LogP contribution is 2.37. The van der Waals surface area contributed by atoms with E-state index in [4.69, 9.17) is 9.47 Å². The fourth-order valence-corrected chi connectivity index (χ4v) is 4.29. The summed E-state index contributed by atoms with van der Waals surface area (Å²) in [6, 6.07) is 9.77. The maximum atomic E-state index is 14.8. The summed E-state index contributed by atoms with van der Waals surface area (Å²) in [6.07, 6.45) is -1.37. The van der Waals surface area contributed by atoms with Crippen LogP contribution >= 0.6 is 0 Å². The van der Waals surface area contributed by atoms with E-state index >= 15 is 0 Å². The molecule has 0 aromatic heterocycles.